The van der Waals surface area contributed by atoms with Gasteiger partial charge in [0.2, 0.25) is 5.91 Å². The Morgan fingerprint density at radius 2 is 2.06 bits per heavy atom. The number of amides is 1. The number of carbonyl (C=O) groups is 2. The van der Waals surface area contributed by atoms with Crippen molar-refractivity contribution < 1.29 is 18.7 Å². The number of likely N-dealkylation sites (tertiary alicyclic amines) is 1. The number of ether oxygens (including phenoxy) is 1. The smallest absolute Gasteiger partial charge is 0.356 e. The summed E-state index contributed by atoms with van der Waals surface area (Å²) >= 11 is 0. The molecule has 2 bridgehead atoms. The number of hydrogen-bond acceptors (Lipinski definition) is 5. The summed E-state index contributed by atoms with van der Waals surface area (Å²) in [7, 11) is 0. The second-order valence-corrected chi connectivity index (χ2v) is 8.73. The minimum absolute atomic E-state index is 0.0199. The first-order valence-corrected chi connectivity index (χ1v) is 11.1. The molecule has 2 atom stereocenters. The molecule has 3 aromatic rings. The number of aromatic amines is 1. The van der Waals surface area contributed by atoms with Crippen molar-refractivity contribution in [2.75, 3.05) is 31.6 Å². The van der Waals surface area contributed by atoms with Gasteiger partial charge in [-0.25, -0.2) is 9.18 Å². The van der Waals surface area contributed by atoms with E-state index in [4.69, 9.17) is 4.74 Å². The van der Waals surface area contributed by atoms with E-state index in [1.807, 2.05) is 10.6 Å². The molecule has 1 aromatic carbocycles. The fourth-order valence-electron chi connectivity index (χ4n) is 5.16. The number of piperidine rings is 1. The molecule has 1 saturated heterocycles. The zero-order chi connectivity index (χ0) is 23.1. The van der Waals surface area contributed by atoms with Crippen LogP contribution < -0.4 is 10.9 Å². The SMILES string of the molecule is CCOC(=O)c1[nH]c2ccc(F)cc2c1NC(=O)CN1C[C@@H]2C[C@@H](C1)c1cccc(=O)n1C2. The Kier molecular flexibility index (Phi) is 5.49. The molecule has 172 valence electrons. The molecular formula is C24H25FN4O4. The number of nitrogens with one attached hydrogen (secondary N) is 2. The van der Waals surface area contributed by atoms with Crippen molar-refractivity contribution >= 4 is 28.5 Å². The van der Waals surface area contributed by atoms with Crippen molar-refractivity contribution in [3.05, 3.63) is 64.0 Å². The summed E-state index contributed by atoms with van der Waals surface area (Å²) in [6.07, 6.45) is 0.996. The number of benzene rings is 1. The summed E-state index contributed by atoms with van der Waals surface area (Å²) in [4.78, 5) is 42.6. The van der Waals surface area contributed by atoms with E-state index in [2.05, 4.69) is 15.2 Å². The number of esters is 1. The molecule has 5 rings (SSSR count). The first-order chi connectivity index (χ1) is 15.9. The Balaban J connectivity index is 1.36. The number of anilines is 1. The number of hydrogen-bond donors (Lipinski definition) is 2. The van der Waals surface area contributed by atoms with Crippen molar-refractivity contribution in [1.29, 1.82) is 0 Å². The van der Waals surface area contributed by atoms with Crippen molar-refractivity contribution in [1.82, 2.24) is 14.5 Å². The second kappa shape index (κ2) is 8.47. The molecule has 2 aromatic heterocycles. The number of pyridine rings is 1. The van der Waals surface area contributed by atoms with Crippen molar-refractivity contribution in [2.45, 2.75) is 25.8 Å². The number of aromatic nitrogens is 2. The quantitative estimate of drug-likeness (QED) is 0.581. The summed E-state index contributed by atoms with van der Waals surface area (Å²) in [6, 6.07) is 9.44. The van der Waals surface area contributed by atoms with E-state index in [1.54, 1.807) is 19.1 Å². The van der Waals surface area contributed by atoms with Crippen LogP contribution in [0.2, 0.25) is 0 Å². The van der Waals surface area contributed by atoms with Gasteiger partial charge in [0.25, 0.3) is 5.56 Å². The van der Waals surface area contributed by atoms with Gasteiger partial charge in [0.15, 0.2) is 0 Å². The van der Waals surface area contributed by atoms with Crippen molar-refractivity contribution in [3.63, 3.8) is 0 Å². The third kappa shape index (κ3) is 4.04. The molecule has 2 N–H and O–H groups in total. The third-order valence-electron chi connectivity index (χ3n) is 6.43. The summed E-state index contributed by atoms with van der Waals surface area (Å²) in [5, 5.41) is 3.22. The molecule has 8 nitrogen and oxygen atoms in total. The van der Waals surface area contributed by atoms with Gasteiger partial charge in [-0.1, -0.05) is 6.07 Å². The van der Waals surface area contributed by atoms with E-state index in [1.165, 1.54) is 18.2 Å². The summed E-state index contributed by atoms with van der Waals surface area (Å²) < 4.78 is 20.8. The van der Waals surface area contributed by atoms with Crippen LogP contribution in [0.3, 0.4) is 0 Å². The average Bonchev–Trinajstić information content (AvgIpc) is 3.12. The minimum Gasteiger partial charge on any atom is -0.461 e. The Bertz CT molecular complexity index is 1300. The maximum Gasteiger partial charge on any atom is 0.356 e. The summed E-state index contributed by atoms with van der Waals surface area (Å²) in [5.74, 6) is -0.891. The van der Waals surface area contributed by atoms with Crippen LogP contribution >= 0.6 is 0 Å². The first-order valence-electron chi connectivity index (χ1n) is 11.1. The molecule has 0 radical (unpaired) electrons. The van der Waals surface area contributed by atoms with E-state index in [9.17, 15) is 18.8 Å². The Hall–Kier alpha value is -3.46. The van der Waals surface area contributed by atoms with E-state index in [0.29, 0.717) is 36.5 Å². The Morgan fingerprint density at radius 3 is 2.88 bits per heavy atom. The molecule has 1 amide bonds. The predicted molar refractivity (Wildman–Crippen MR) is 121 cm³/mol. The number of nitrogens with zero attached hydrogens (tertiary/aromatic N) is 2. The Morgan fingerprint density at radius 1 is 1.21 bits per heavy atom. The number of rotatable bonds is 5. The molecule has 9 heteroatoms. The normalized spacial score (nSPS) is 19.8. The van der Waals surface area contributed by atoms with Gasteiger partial charge in [0.1, 0.15) is 11.5 Å². The fourth-order valence-corrected chi connectivity index (χ4v) is 5.16. The lowest BCUT2D eigenvalue weighted by atomic mass is 9.83. The maximum absolute atomic E-state index is 13.9. The molecule has 0 saturated carbocycles. The van der Waals surface area contributed by atoms with Gasteiger partial charge in [-0.05, 0) is 43.5 Å². The topological polar surface area (TPSA) is 96.4 Å². The van der Waals surface area contributed by atoms with E-state index in [-0.39, 0.29) is 41.9 Å². The van der Waals surface area contributed by atoms with Gasteiger partial charge in [0.05, 0.1) is 18.8 Å². The van der Waals surface area contributed by atoms with Crippen LogP contribution in [0.15, 0.2) is 41.2 Å². The lowest BCUT2D eigenvalue weighted by Crippen LogP contribution is -2.49. The molecule has 2 aliphatic heterocycles. The monoisotopic (exact) mass is 452 g/mol. The Labute approximate surface area is 189 Å². The number of fused-ring (bicyclic) bond motifs is 5. The molecule has 0 spiro atoms. The molecular weight excluding hydrogens is 427 g/mol. The fraction of sp³-hybridized carbons (Fsp3) is 0.375. The standard InChI is InChI=1S/C24H25FN4O4/c1-2-33-24(32)23-22(17-9-16(25)6-7-18(17)26-23)27-20(30)13-28-10-14-8-15(12-28)19-4-3-5-21(31)29(19)11-14/h3-7,9,14-15,26H,2,8,10-13H2,1H3,(H,27,30)/t14-,15-/m0/s1. The van der Waals surface area contributed by atoms with Gasteiger partial charge in [0, 0.05) is 48.2 Å². The average molecular weight is 452 g/mol. The van der Waals surface area contributed by atoms with Crippen LogP contribution in [-0.4, -0.2) is 52.6 Å². The first kappa shape index (κ1) is 21.4. The molecule has 33 heavy (non-hydrogen) atoms. The van der Waals surface area contributed by atoms with Gasteiger partial charge in [-0.2, -0.15) is 0 Å². The predicted octanol–water partition coefficient (Wildman–Crippen LogP) is 2.70. The third-order valence-corrected chi connectivity index (χ3v) is 6.43. The molecule has 1 fully saturated rings. The lowest BCUT2D eigenvalue weighted by Gasteiger charge is -2.42. The summed E-state index contributed by atoms with van der Waals surface area (Å²) in [5.41, 5.74) is 1.88. The van der Waals surface area contributed by atoms with Crippen molar-refractivity contribution in [3.8, 4) is 0 Å². The van der Waals surface area contributed by atoms with Crippen LogP contribution in [0.25, 0.3) is 10.9 Å². The molecule has 4 heterocycles. The highest BCUT2D eigenvalue weighted by Crippen LogP contribution is 2.35. The number of carbonyl (C=O) groups excluding carboxylic acids is 2. The van der Waals surface area contributed by atoms with Gasteiger partial charge in [-0.3, -0.25) is 14.5 Å². The molecule has 0 aliphatic carbocycles. The van der Waals surface area contributed by atoms with Gasteiger partial charge in [-0.15, -0.1) is 0 Å². The zero-order valence-corrected chi connectivity index (χ0v) is 18.3. The van der Waals surface area contributed by atoms with Crippen LogP contribution in [0.4, 0.5) is 10.1 Å². The lowest BCUT2D eigenvalue weighted by molar-refractivity contribution is -0.117. The highest BCUT2D eigenvalue weighted by molar-refractivity contribution is 6.11. The van der Waals surface area contributed by atoms with Gasteiger partial charge >= 0.3 is 5.97 Å². The van der Waals surface area contributed by atoms with Crippen LogP contribution in [0.1, 0.15) is 35.4 Å². The largest absolute Gasteiger partial charge is 0.461 e. The number of halogens is 1. The number of H-pyrrole nitrogens is 1. The van der Waals surface area contributed by atoms with E-state index in [0.717, 1.165) is 12.1 Å². The zero-order valence-electron chi connectivity index (χ0n) is 18.3. The molecule has 0 unspecified atom stereocenters. The van der Waals surface area contributed by atoms with Crippen molar-refractivity contribution in [2.24, 2.45) is 5.92 Å². The summed E-state index contributed by atoms with van der Waals surface area (Å²) in [6.45, 7) is 4.03. The van der Waals surface area contributed by atoms with Crippen LogP contribution in [-0.2, 0) is 16.1 Å². The highest BCUT2D eigenvalue weighted by atomic mass is 19.1. The van der Waals surface area contributed by atoms with E-state index >= 15 is 0 Å². The highest BCUT2D eigenvalue weighted by Gasteiger charge is 2.35. The molecule has 2 aliphatic rings. The second-order valence-electron chi connectivity index (χ2n) is 8.73. The maximum atomic E-state index is 13.9. The minimum atomic E-state index is -0.612. The van der Waals surface area contributed by atoms with E-state index < -0.39 is 11.8 Å². The van der Waals surface area contributed by atoms with Crippen LogP contribution in [0, 0.1) is 11.7 Å². The van der Waals surface area contributed by atoms with Gasteiger partial charge < -0.3 is 19.6 Å². The van der Waals surface area contributed by atoms with Crippen LogP contribution in [0.5, 0.6) is 0 Å².